The lowest BCUT2D eigenvalue weighted by Crippen LogP contribution is -2.41. The lowest BCUT2D eigenvalue weighted by Gasteiger charge is -2.12. The number of amides is 2. The standard InChI is InChI=1S/C10H13N3O5/c1-5-4-12-18-8(5)9(15)13-6(10(16)17)2-3-7(11)14/h4,6H,2-3H2,1H3,(H2,11,14)(H,13,15)(H,16,17). The van der Waals surface area contributed by atoms with Gasteiger partial charge in [0.25, 0.3) is 5.91 Å². The molecule has 1 heterocycles. The van der Waals surface area contributed by atoms with Crippen LogP contribution < -0.4 is 11.1 Å². The molecular formula is C10H13N3O5. The van der Waals surface area contributed by atoms with E-state index in [1.807, 2.05) is 0 Å². The minimum Gasteiger partial charge on any atom is -0.480 e. The number of hydrogen-bond acceptors (Lipinski definition) is 5. The number of carboxylic acid groups (broad SMARTS) is 1. The van der Waals surface area contributed by atoms with Gasteiger partial charge in [-0.3, -0.25) is 9.59 Å². The first-order valence-electron chi connectivity index (χ1n) is 5.15. The van der Waals surface area contributed by atoms with Crippen molar-refractivity contribution in [2.45, 2.75) is 25.8 Å². The summed E-state index contributed by atoms with van der Waals surface area (Å²) in [5, 5.41) is 14.5. The number of nitrogens with zero attached hydrogens (tertiary/aromatic N) is 1. The molecule has 18 heavy (non-hydrogen) atoms. The normalized spacial score (nSPS) is 11.8. The number of nitrogens with two attached hydrogens (primary N) is 1. The molecule has 1 unspecified atom stereocenters. The summed E-state index contributed by atoms with van der Waals surface area (Å²) in [6.45, 7) is 1.60. The van der Waals surface area contributed by atoms with Crippen molar-refractivity contribution in [3.63, 3.8) is 0 Å². The van der Waals surface area contributed by atoms with Crippen LogP contribution in [0.4, 0.5) is 0 Å². The highest BCUT2D eigenvalue weighted by Crippen LogP contribution is 2.07. The van der Waals surface area contributed by atoms with Crippen LogP contribution in [-0.2, 0) is 9.59 Å². The maximum Gasteiger partial charge on any atom is 0.326 e. The van der Waals surface area contributed by atoms with Crippen molar-refractivity contribution in [3.05, 3.63) is 17.5 Å². The fourth-order valence-corrected chi connectivity index (χ4v) is 1.28. The third-order valence-corrected chi connectivity index (χ3v) is 2.24. The van der Waals surface area contributed by atoms with Crippen LogP contribution in [-0.4, -0.2) is 34.1 Å². The maximum absolute atomic E-state index is 11.7. The molecule has 2 amide bonds. The van der Waals surface area contributed by atoms with E-state index >= 15 is 0 Å². The zero-order valence-electron chi connectivity index (χ0n) is 9.67. The number of aryl methyl sites for hydroxylation is 1. The number of primary amides is 1. The summed E-state index contributed by atoms with van der Waals surface area (Å²) in [5.41, 5.74) is 5.41. The summed E-state index contributed by atoms with van der Waals surface area (Å²) in [6.07, 6.45) is 1.13. The Bertz CT molecular complexity index is 468. The number of carbonyl (C=O) groups excluding carboxylic acids is 2. The van der Waals surface area contributed by atoms with Gasteiger partial charge in [-0.25, -0.2) is 4.79 Å². The smallest absolute Gasteiger partial charge is 0.326 e. The van der Waals surface area contributed by atoms with Crippen LogP contribution in [0.15, 0.2) is 10.7 Å². The van der Waals surface area contributed by atoms with Crippen molar-refractivity contribution in [2.75, 3.05) is 0 Å². The number of rotatable bonds is 6. The molecule has 0 aliphatic carbocycles. The van der Waals surface area contributed by atoms with Crippen molar-refractivity contribution in [3.8, 4) is 0 Å². The molecule has 0 aromatic carbocycles. The number of hydrogen-bond donors (Lipinski definition) is 3. The molecule has 0 saturated heterocycles. The minimum atomic E-state index is -1.25. The molecule has 1 aromatic heterocycles. The number of aliphatic carboxylic acids is 1. The van der Waals surface area contributed by atoms with Crippen LogP contribution >= 0.6 is 0 Å². The van der Waals surface area contributed by atoms with Crippen molar-refractivity contribution in [1.29, 1.82) is 0 Å². The monoisotopic (exact) mass is 255 g/mol. The van der Waals surface area contributed by atoms with Crippen molar-refractivity contribution < 1.29 is 24.0 Å². The average molecular weight is 255 g/mol. The van der Waals surface area contributed by atoms with E-state index in [1.165, 1.54) is 6.20 Å². The van der Waals surface area contributed by atoms with Gasteiger partial charge in [0, 0.05) is 12.0 Å². The van der Waals surface area contributed by atoms with Gasteiger partial charge in [0.2, 0.25) is 11.7 Å². The molecule has 0 radical (unpaired) electrons. The molecule has 98 valence electrons. The van der Waals surface area contributed by atoms with Crippen molar-refractivity contribution >= 4 is 17.8 Å². The fourth-order valence-electron chi connectivity index (χ4n) is 1.28. The van der Waals surface area contributed by atoms with E-state index in [0.717, 1.165) is 0 Å². The number of carboxylic acids is 1. The van der Waals surface area contributed by atoms with Gasteiger partial charge in [-0.2, -0.15) is 0 Å². The quantitative estimate of drug-likeness (QED) is 0.622. The zero-order chi connectivity index (χ0) is 13.7. The lowest BCUT2D eigenvalue weighted by atomic mass is 10.1. The molecular weight excluding hydrogens is 242 g/mol. The van der Waals surface area contributed by atoms with Gasteiger partial charge in [-0.1, -0.05) is 5.16 Å². The summed E-state index contributed by atoms with van der Waals surface area (Å²) in [7, 11) is 0. The summed E-state index contributed by atoms with van der Waals surface area (Å²) in [4.78, 5) is 33.1. The molecule has 1 rings (SSSR count). The predicted molar refractivity (Wildman–Crippen MR) is 58.6 cm³/mol. The van der Waals surface area contributed by atoms with Gasteiger partial charge in [0.1, 0.15) is 6.04 Å². The number of carbonyl (C=O) groups is 3. The van der Waals surface area contributed by atoms with Crippen LogP contribution in [0.25, 0.3) is 0 Å². The summed E-state index contributed by atoms with van der Waals surface area (Å²) in [5.74, 6) is -2.63. The van der Waals surface area contributed by atoms with Crippen LogP contribution in [0.2, 0.25) is 0 Å². The van der Waals surface area contributed by atoms with Crippen LogP contribution in [0.3, 0.4) is 0 Å². The predicted octanol–water partition coefficient (Wildman–Crippen LogP) is -0.568. The van der Waals surface area contributed by atoms with Crippen molar-refractivity contribution in [2.24, 2.45) is 5.73 Å². The largest absolute Gasteiger partial charge is 0.480 e. The molecule has 0 aliphatic rings. The molecule has 4 N–H and O–H groups in total. The van der Waals surface area contributed by atoms with Crippen LogP contribution in [0.5, 0.6) is 0 Å². The second-order valence-corrected chi connectivity index (χ2v) is 3.71. The maximum atomic E-state index is 11.7. The molecule has 0 spiro atoms. The highest BCUT2D eigenvalue weighted by molar-refractivity contribution is 5.95. The van der Waals surface area contributed by atoms with Gasteiger partial charge < -0.3 is 20.7 Å². The molecule has 0 aliphatic heterocycles. The SMILES string of the molecule is Cc1cnoc1C(=O)NC(CCC(N)=O)C(=O)O. The first-order valence-corrected chi connectivity index (χ1v) is 5.15. The summed E-state index contributed by atoms with van der Waals surface area (Å²) in [6, 6.07) is -1.20. The Morgan fingerprint density at radius 2 is 2.22 bits per heavy atom. The highest BCUT2D eigenvalue weighted by atomic mass is 16.5. The third-order valence-electron chi connectivity index (χ3n) is 2.24. The Morgan fingerprint density at radius 3 is 2.67 bits per heavy atom. The molecule has 8 nitrogen and oxygen atoms in total. The highest BCUT2D eigenvalue weighted by Gasteiger charge is 2.23. The van der Waals surface area contributed by atoms with E-state index in [-0.39, 0.29) is 18.6 Å². The summed E-state index contributed by atoms with van der Waals surface area (Å²) < 4.78 is 4.69. The topological polar surface area (TPSA) is 136 Å². The molecule has 0 bridgehead atoms. The molecule has 8 heteroatoms. The van der Waals surface area contributed by atoms with E-state index in [9.17, 15) is 14.4 Å². The Labute approximate surface area is 102 Å². The average Bonchev–Trinajstić information content (AvgIpc) is 2.69. The Hall–Kier alpha value is -2.38. The molecule has 1 atom stereocenters. The third kappa shape index (κ3) is 3.58. The fraction of sp³-hybridized carbons (Fsp3) is 0.400. The van der Waals surface area contributed by atoms with Gasteiger partial charge in [-0.05, 0) is 13.3 Å². The van der Waals surface area contributed by atoms with Crippen LogP contribution in [0.1, 0.15) is 29.0 Å². The van der Waals surface area contributed by atoms with Gasteiger partial charge in [-0.15, -0.1) is 0 Å². The second kappa shape index (κ2) is 5.80. The second-order valence-electron chi connectivity index (χ2n) is 3.71. The van der Waals surface area contributed by atoms with E-state index in [2.05, 4.69) is 15.0 Å². The molecule has 0 fully saturated rings. The summed E-state index contributed by atoms with van der Waals surface area (Å²) >= 11 is 0. The van der Waals surface area contributed by atoms with Gasteiger partial charge >= 0.3 is 5.97 Å². The Kier molecular flexibility index (Phi) is 4.41. The molecule has 1 aromatic rings. The minimum absolute atomic E-state index is 0.0553. The first kappa shape index (κ1) is 13.7. The number of nitrogens with one attached hydrogen (secondary N) is 1. The zero-order valence-corrected chi connectivity index (χ0v) is 9.67. The van der Waals surface area contributed by atoms with E-state index in [1.54, 1.807) is 6.92 Å². The molecule has 0 saturated carbocycles. The van der Waals surface area contributed by atoms with Gasteiger partial charge in [0.15, 0.2) is 0 Å². The van der Waals surface area contributed by atoms with Gasteiger partial charge in [0.05, 0.1) is 6.20 Å². The van der Waals surface area contributed by atoms with E-state index < -0.39 is 23.8 Å². The Morgan fingerprint density at radius 1 is 1.56 bits per heavy atom. The van der Waals surface area contributed by atoms with Crippen LogP contribution in [0, 0.1) is 6.92 Å². The first-order chi connectivity index (χ1) is 8.41. The van der Waals surface area contributed by atoms with E-state index in [0.29, 0.717) is 5.56 Å². The lowest BCUT2D eigenvalue weighted by molar-refractivity contribution is -0.139. The van der Waals surface area contributed by atoms with Crippen molar-refractivity contribution in [1.82, 2.24) is 10.5 Å². The Balaban J connectivity index is 2.67. The van der Waals surface area contributed by atoms with E-state index in [4.69, 9.17) is 10.8 Å². The number of aromatic nitrogens is 1.